The summed E-state index contributed by atoms with van der Waals surface area (Å²) in [5, 5.41) is 12.9. The highest BCUT2D eigenvalue weighted by molar-refractivity contribution is 4.91. The van der Waals surface area contributed by atoms with Crippen molar-refractivity contribution in [3.05, 3.63) is 11.7 Å². The van der Waals surface area contributed by atoms with Gasteiger partial charge in [0.15, 0.2) is 5.82 Å². The van der Waals surface area contributed by atoms with E-state index in [0.717, 1.165) is 38.3 Å². The van der Waals surface area contributed by atoms with Crippen LogP contribution >= 0.6 is 0 Å². The van der Waals surface area contributed by atoms with Crippen molar-refractivity contribution in [2.45, 2.75) is 39.2 Å². The van der Waals surface area contributed by atoms with E-state index >= 15 is 0 Å². The Bertz CT molecular complexity index is 351. The summed E-state index contributed by atoms with van der Waals surface area (Å²) >= 11 is 0. The van der Waals surface area contributed by atoms with Crippen LogP contribution < -0.4 is 0 Å². The smallest absolute Gasteiger partial charge is 0.229 e. The van der Waals surface area contributed by atoms with E-state index in [4.69, 9.17) is 9.63 Å². The molecule has 2 rings (SSSR count). The average molecular weight is 239 g/mol. The predicted octanol–water partition coefficient (Wildman–Crippen LogP) is 1.40. The van der Waals surface area contributed by atoms with Crippen molar-refractivity contribution < 1.29 is 9.63 Å². The minimum atomic E-state index is 0.289. The molecule has 0 spiro atoms. The molecule has 5 heteroatoms. The lowest BCUT2D eigenvalue weighted by Gasteiger charge is -2.12. The molecule has 0 radical (unpaired) electrons. The number of rotatable bonds is 5. The average Bonchev–Trinajstić information content (AvgIpc) is 2.89. The summed E-state index contributed by atoms with van der Waals surface area (Å²) in [6.45, 7) is 7.24. The van der Waals surface area contributed by atoms with Crippen molar-refractivity contribution in [2.75, 3.05) is 19.7 Å². The molecule has 1 N–H and O–H groups in total. The zero-order valence-corrected chi connectivity index (χ0v) is 10.6. The van der Waals surface area contributed by atoms with Crippen LogP contribution in [0, 0.1) is 5.92 Å². The molecule has 1 aromatic heterocycles. The second kappa shape index (κ2) is 5.60. The highest BCUT2D eigenvalue weighted by Crippen LogP contribution is 2.21. The first-order chi connectivity index (χ1) is 8.19. The van der Waals surface area contributed by atoms with Crippen LogP contribution in [0.3, 0.4) is 0 Å². The minimum Gasteiger partial charge on any atom is -0.396 e. The Kier molecular flexibility index (Phi) is 4.12. The van der Waals surface area contributed by atoms with Gasteiger partial charge in [-0.25, -0.2) is 0 Å². The van der Waals surface area contributed by atoms with Crippen LogP contribution in [-0.2, 0) is 6.54 Å². The fraction of sp³-hybridized carbons (Fsp3) is 0.833. The van der Waals surface area contributed by atoms with Crippen LogP contribution in [0.25, 0.3) is 0 Å². The van der Waals surface area contributed by atoms with E-state index in [1.807, 2.05) is 13.8 Å². The number of nitrogens with zero attached hydrogens (tertiary/aromatic N) is 3. The van der Waals surface area contributed by atoms with Gasteiger partial charge in [-0.2, -0.15) is 4.98 Å². The van der Waals surface area contributed by atoms with Gasteiger partial charge < -0.3 is 9.63 Å². The maximum atomic E-state index is 8.91. The molecule has 0 bridgehead atoms. The Labute approximate surface area is 102 Å². The highest BCUT2D eigenvalue weighted by Gasteiger charge is 2.23. The molecule has 1 unspecified atom stereocenters. The zero-order valence-electron chi connectivity index (χ0n) is 10.6. The van der Waals surface area contributed by atoms with Crippen LogP contribution in [0.2, 0.25) is 0 Å². The molecule has 2 heterocycles. The number of aromatic nitrogens is 2. The van der Waals surface area contributed by atoms with Gasteiger partial charge in [-0.15, -0.1) is 0 Å². The van der Waals surface area contributed by atoms with Crippen molar-refractivity contribution in [3.63, 3.8) is 0 Å². The Morgan fingerprint density at radius 1 is 1.53 bits per heavy atom. The minimum absolute atomic E-state index is 0.289. The molecule has 0 aromatic carbocycles. The second-order valence-electron chi connectivity index (χ2n) is 5.11. The molecule has 1 aromatic rings. The maximum absolute atomic E-state index is 8.91. The number of hydrogen-bond acceptors (Lipinski definition) is 5. The second-order valence-corrected chi connectivity index (χ2v) is 5.11. The molecule has 96 valence electrons. The van der Waals surface area contributed by atoms with Gasteiger partial charge in [-0.3, -0.25) is 4.90 Å². The Balaban J connectivity index is 1.85. The van der Waals surface area contributed by atoms with Gasteiger partial charge in [0.2, 0.25) is 5.89 Å². The van der Waals surface area contributed by atoms with Crippen molar-refractivity contribution in [3.8, 4) is 0 Å². The lowest BCUT2D eigenvalue weighted by Crippen LogP contribution is -2.21. The molecular formula is C12H21N3O2. The van der Waals surface area contributed by atoms with Gasteiger partial charge in [0, 0.05) is 19.1 Å². The van der Waals surface area contributed by atoms with Gasteiger partial charge in [-0.1, -0.05) is 19.0 Å². The lowest BCUT2D eigenvalue weighted by molar-refractivity contribution is 0.247. The maximum Gasteiger partial charge on any atom is 0.229 e. The molecule has 17 heavy (non-hydrogen) atoms. The molecule has 1 aliphatic rings. The fourth-order valence-electron chi connectivity index (χ4n) is 2.24. The topological polar surface area (TPSA) is 62.4 Å². The Morgan fingerprint density at radius 3 is 3.00 bits per heavy atom. The monoisotopic (exact) mass is 239 g/mol. The number of hydrogen-bond donors (Lipinski definition) is 1. The van der Waals surface area contributed by atoms with E-state index in [2.05, 4.69) is 15.0 Å². The Hall–Kier alpha value is -0.940. The molecule has 5 nitrogen and oxygen atoms in total. The zero-order chi connectivity index (χ0) is 12.3. The van der Waals surface area contributed by atoms with Crippen LogP contribution in [0.15, 0.2) is 4.52 Å². The predicted molar refractivity (Wildman–Crippen MR) is 63.5 cm³/mol. The van der Waals surface area contributed by atoms with Crippen molar-refractivity contribution in [2.24, 2.45) is 5.92 Å². The number of aliphatic hydroxyl groups is 1. The molecule has 1 saturated heterocycles. The standard InChI is InChI=1S/C12H21N3O2/c1-9(2)12-13-11(14-17-12)8-15-5-3-10(7-15)4-6-16/h9-10,16H,3-8H2,1-2H3. The first-order valence-corrected chi connectivity index (χ1v) is 6.34. The first kappa shape index (κ1) is 12.5. The van der Waals surface area contributed by atoms with Gasteiger partial charge in [0.1, 0.15) is 0 Å². The highest BCUT2D eigenvalue weighted by atomic mass is 16.5. The molecular weight excluding hydrogens is 218 g/mol. The molecule has 1 atom stereocenters. The molecule has 1 fully saturated rings. The summed E-state index contributed by atoms with van der Waals surface area (Å²) < 4.78 is 5.18. The third-order valence-electron chi connectivity index (χ3n) is 3.25. The Morgan fingerprint density at radius 2 is 2.35 bits per heavy atom. The van der Waals surface area contributed by atoms with Gasteiger partial charge >= 0.3 is 0 Å². The molecule has 0 aliphatic carbocycles. The van der Waals surface area contributed by atoms with Gasteiger partial charge in [0.25, 0.3) is 0 Å². The summed E-state index contributed by atoms with van der Waals surface area (Å²) in [6.07, 6.45) is 2.06. The fourth-order valence-corrected chi connectivity index (χ4v) is 2.24. The summed E-state index contributed by atoms with van der Waals surface area (Å²) in [5.41, 5.74) is 0. The van der Waals surface area contributed by atoms with Crippen LogP contribution in [0.4, 0.5) is 0 Å². The van der Waals surface area contributed by atoms with E-state index in [-0.39, 0.29) is 12.5 Å². The van der Waals surface area contributed by atoms with E-state index in [1.165, 1.54) is 0 Å². The molecule has 0 amide bonds. The number of aliphatic hydroxyl groups excluding tert-OH is 1. The third kappa shape index (κ3) is 3.26. The van der Waals surface area contributed by atoms with Gasteiger partial charge in [0.05, 0.1) is 6.54 Å². The van der Waals surface area contributed by atoms with Crippen LogP contribution in [0.5, 0.6) is 0 Å². The summed E-state index contributed by atoms with van der Waals surface area (Å²) in [6, 6.07) is 0. The summed E-state index contributed by atoms with van der Waals surface area (Å²) in [4.78, 5) is 6.70. The van der Waals surface area contributed by atoms with Gasteiger partial charge in [-0.05, 0) is 25.3 Å². The van der Waals surface area contributed by atoms with Crippen LogP contribution in [0.1, 0.15) is 44.3 Å². The molecule has 0 saturated carbocycles. The van der Waals surface area contributed by atoms with Crippen molar-refractivity contribution >= 4 is 0 Å². The normalized spacial score (nSPS) is 21.5. The van der Waals surface area contributed by atoms with Crippen LogP contribution in [-0.4, -0.2) is 39.8 Å². The van der Waals surface area contributed by atoms with E-state index < -0.39 is 0 Å². The summed E-state index contributed by atoms with van der Waals surface area (Å²) in [7, 11) is 0. The quantitative estimate of drug-likeness (QED) is 0.841. The molecule has 1 aliphatic heterocycles. The summed E-state index contributed by atoms with van der Waals surface area (Å²) in [5.74, 6) is 2.40. The SMILES string of the molecule is CC(C)c1nc(CN2CCC(CCO)C2)no1. The van der Waals surface area contributed by atoms with Crippen molar-refractivity contribution in [1.29, 1.82) is 0 Å². The van der Waals surface area contributed by atoms with Crippen molar-refractivity contribution in [1.82, 2.24) is 15.0 Å². The number of likely N-dealkylation sites (tertiary alicyclic amines) is 1. The van der Waals surface area contributed by atoms with E-state index in [0.29, 0.717) is 11.8 Å². The lowest BCUT2D eigenvalue weighted by atomic mass is 10.1. The van der Waals surface area contributed by atoms with E-state index in [9.17, 15) is 0 Å². The first-order valence-electron chi connectivity index (χ1n) is 6.34. The van der Waals surface area contributed by atoms with E-state index in [1.54, 1.807) is 0 Å². The third-order valence-corrected chi connectivity index (χ3v) is 3.25. The largest absolute Gasteiger partial charge is 0.396 e.